The van der Waals surface area contributed by atoms with Gasteiger partial charge in [0.15, 0.2) is 5.82 Å². The second kappa shape index (κ2) is 9.00. The molecule has 0 fully saturated rings. The van der Waals surface area contributed by atoms with Gasteiger partial charge in [0.1, 0.15) is 5.51 Å². The van der Waals surface area contributed by atoms with Crippen molar-refractivity contribution in [2.24, 2.45) is 0 Å². The molecule has 0 radical (unpaired) electrons. The number of nitrogens with zero attached hydrogens (tertiary/aromatic N) is 4. The molecule has 0 saturated carbocycles. The van der Waals surface area contributed by atoms with Crippen LogP contribution in [0.1, 0.15) is 11.1 Å². The first-order valence-corrected chi connectivity index (χ1v) is 11.9. The number of nitrogens with one attached hydrogen (secondary N) is 2. The van der Waals surface area contributed by atoms with Crippen LogP contribution in [0, 0.1) is 0 Å². The highest BCUT2D eigenvalue weighted by Crippen LogP contribution is 2.37. The van der Waals surface area contributed by atoms with Crippen molar-refractivity contribution in [2.45, 2.75) is 17.6 Å². The molecule has 0 aliphatic heterocycles. The quantitative estimate of drug-likeness (QED) is 0.360. The van der Waals surface area contributed by atoms with Crippen LogP contribution in [-0.4, -0.2) is 28.4 Å². The molecule has 0 unspecified atom stereocenters. The van der Waals surface area contributed by atoms with Gasteiger partial charge in [-0.1, -0.05) is 35.1 Å². The molecule has 2 N–H and O–H groups in total. The maximum absolute atomic E-state index is 13.7. The third-order valence-electron chi connectivity index (χ3n) is 4.33. The van der Waals surface area contributed by atoms with E-state index in [0.29, 0.717) is 23.5 Å². The van der Waals surface area contributed by atoms with Crippen molar-refractivity contribution >= 4 is 49.6 Å². The van der Waals surface area contributed by atoms with E-state index >= 15 is 0 Å². The van der Waals surface area contributed by atoms with Crippen LogP contribution in [0.3, 0.4) is 0 Å². The SMILES string of the molecule is O=S(=O)(Nc1nncs1)c1ccc(Nc2ccn(Cc3ccc(Cl)cc3)n2)cc1C(F)(F)F. The van der Waals surface area contributed by atoms with E-state index < -0.39 is 26.7 Å². The summed E-state index contributed by atoms with van der Waals surface area (Å²) in [6, 6.07) is 11.6. The molecule has 2 aromatic heterocycles. The van der Waals surface area contributed by atoms with Gasteiger partial charge in [-0.2, -0.15) is 18.3 Å². The standard InChI is InChI=1S/C19H14ClF3N6O2S2/c20-13-3-1-12(2-4-13)10-29-8-7-17(27-29)25-14-5-6-16(15(9-14)19(21,22)23)33(30,31)28-18-26-24-11-32-18/h1-9,11H,10H2,(H,25,27)(H,26,28). The number of benzene rings is 2. The van der Waals surface area contributed by atoms with E-state index in [0.717, 1.165) is 23.0 Å². The predicted octanol–water partition coefficient (Wildman–Crippen LogP) is 5.00. The number of rotatable bonds is 7. The summed E-state index contributed by atoms with van der Waals surface area (Å²) in [7, 11) is -4.54. The molecular weight excluding hydrogens is 501 g/mol. The lowest BCUT2D eigenvalue weighted by atomic mass is 10.2. The van der Waals surface area contributed by atoms with Crippen molar-refractivity contribution in [1.29, 1.82) is 0 Å². The average molecular weight is 515 g/mol. The van der Waals surface area contributed by atoms with E-state index in [9.17, 15) is 21.6 Å². The lowest BCUT2D eigenvalue weighted by Crippen LogP contribution is -2.19. The number of hydrogen-bond donors (Lipinski definition) is 2. The Kier molecular flexibility index (Phi) is 6.28. The molecule has 0 atom stereocenters. The van der Waals surface area contributed by atoms with Gasteiger partial charge < -0.3 is 5.32 Å². The van der Waals surface area contributed by atoms with Crippen molar-refractivity contribution in [2.75, 3.05) is 10.0 Å². The van der Waals surface area contributed by atoms with Crippen LogP contribution in [0.25, 0.3) is 0 Å². The van der Waals surface area contributed by atoms with Crippen molar-refractivity contribution in [3.63, 3.8) is 0 Å². The van der Waals surface area contributed by atoms with Gasteiger partial charge in [0.2, 0.25) is 5.13 Å². The zero-order chi connectivity index (χ0) is 23.6. The highest BCUT2D eigenvalue weighted by atomic mass is 35.5. The minimum absolute atomic E-state index is 0.0222. The fraction of sp³-hybridized carbons (Fsp3) is 0.105. The van der Waals surface area contributed by atoms with Crippen molar-refractivity contribution in [3.8, 4) is 0 Å². The van der Waals surface area contributed by atoms with E-state index in [1.807, 2.05) is 16.9 Å². The predicted molar refractivity (Wildman–Crippen MR) is 118 cm³/mol. The van der Waals surface area contributed by atoms with Gasteiger partial charge in [-0.3, -0.25) is 9.40 Å². The van der Waals surface area contributed by atoms with Gasteiger partial charge in [-0.15, -0.1) is 10.2 Å². The van der Waals surface area contributed by atoms with E-state index in [4.69, 9.17) is 11.6 Å². The summed E-state index contributed by atoms with van der Waals surface area (Å²) in [6.07, 6.45) is -3.26. The number of hydrogen-bond acceptors (Lipinski definition) is 7. The van der Waals surface area contributed by atoms with Crippen molar-refractivity contribution < 1.29 is 21.6 Å². The Morgan fingerprint density at radius 1 is 1.09 bits per heavy atom. The van der Waals surface area contributed by atoms with Gasteiger partial charge in [0.05, 0.1) is 17.0 Å². The molecule has 2 heterocycles. The lowest BCUT2D eigenvalue weighted by Gasteiger charge is -2.15. The Morgan fingerprint density at radius 2 is 1.85 bits per heavy atom. The zero-order valence-electron chi connectivity index (χ0n) is 16.4. The molecule has 0 bridgehead atoms. The van der Waals surface area contributed by atoms with E-state index in [1.54, 1.807) is 29.1 Å². The maximum Gasteiger partial charge on any atom is 0.417 e. The van der Waals surface area contributed by atoms with E-state index in [2.05, 4.69) is 20.6 Å². The first-order chi connectivity index (χ1) is 15.6. The fourth-order valence-electron chi connectivity index (χ4n) is 2.89. The summed E-state index contributed by atoms with van der Waals surface area (Å²) in [6.45, 7) is 0.432. The Labute approximate surface area is 195 Å². The summed E-state index contributed by atoms with van der Waals surface area (Å²) in [5, 5.41) is 14.5. The van der Waals surface area contributed by atoms with Crippen LogP contribution in [0.4, 0.5) is 29.8 Å². The molecule has 0 aliphatic rings. The second-order valence-corrected chi connectivity index (χ2v) is 9.63. The van der Waals surface area contributed by atoms with Crippen LogP contribution in [0.15, 0.2) is 65.1 Å². The molecule has 14 heteroatoms. The normalized spacial score (nSPS) is 12.0. The third kappa shape index (κ3) is 5.61. The maximum atomic E-state index is 13.7. The monoisotopic (exact) mass is 514 g/mol. The summed E-state index contributed by atoms with van der Waals surface area (Å²) in [4.78, 5) is -0.927. The van der Waals surface area contributed by atoms with Gasteiger partial charge in [0.25, 0.3) is 10.0 Å². The number of sulfonamides is 1. The summed E-state index contributed by atoms with van der Waals surface area (Å²) < 4.78 is 69.7. The average Bonchev–Trinajstić information content (AvgIpc) is 3.41. The Bertz CT molecular complexity index is 1360. The lowest BCUT2D eigenvalue weighted by molar-refractivity contribution is -0.139. The van der Waals surface area contributed by atoms with Gasteiger partial charge in [-0.25, -0.2) is 8.42 Å². The molecule has 8 nitrogen and oxygen atoms in total. The van der Waals surface area contributed by atoms with Crippen LogP contribution in [-0.2, 0) is 22.7 Å². The second-order valence-electron chi connectivity index (χ2n) is 6.71. The largest absolute Gasteiger partial charge is 0.417 e. The van der Waals surface area contributed by atoms with Crippen LogP contribution >= 0.6 is 22.9 Å². The molecule has 0 saturated heterocycles. The first kappa shape index (κ1) is 23.0. The van der Waals surface area contributed by atoms with Gasteiger partial charge >= 0.3 is 6.18 Å². The number of aromatic nitrogens is 4. The summed E-state index contributed by atoms with van der Waals surface area (Å²) in [5.41, 5.74) is 0.881. The zero-order valence-corrected chi connectivity index (χ0v) is 18.8. The Morgan fingerprint density at radius 3 is 2.52 bits per heavy atom. The molecule has 0 aliphatic carbocycles. The third-order valence-corrected chi connectivity index (χ3v) is 6.71. The fourth-order valence-corrected chi connectivity index (χ4v) is 4.92. The minimum atomic E-state index is -4.92. The smallest absolute Gasteiger partial charge is 0.339 e. The molecule has 33 heavy (non-hydrogen) atoms. The molecule has 4 aromatic rings. The van der Waals surface area contributed by atoms with Gasteiger partial charge in [-0.05, 0) is 35.9 Å². The molecule has 2 aromatic carbocycles. The highest BCUT2D eigenvalue weighted by molar-refractivity contribution is 7.93. The molecular formula is C19H14ClF3N6O2S2. The molecule has 4 rings (SSSR count). The minimum Gasteiger partial charge on any atom is -0.339 e. The van der Waals surface area contributed by atoms with Crippen LogP contribution in [0.5, 0.6) is 0 Å². The number of alkyl halides is 3. The molecule has 0 amide bonds. The molecule has 0 spiro atoms. The Balaban J connectivity index is 1.57. The highest BCUT2D eigenvalue weighted by Gasteiger charge is 2.38. The van der Waals surface area contributed by atoms with Crippen molar-refractivity contribution in [1.82, 2.24) is 20.0 Å². The van der Waals surface area contributed by atoms with E-state index in [1.165, 1.54) is 11.6 Å². The van der Waals surface area contributed by atoms with Crippen LogP contribution < -0.4 is 10.0 Å². The molecule has 172 valence electrons. The first-order valence-electron chi connectivity index (χ1n) is 9.15. The van der Waals surface area contributed by atoms with Crippen molar-refractivity contribution in [3.05, 3.63) is 76.4 Å². The van der Waals surface area contributed by atoms with E-state index in [-0.39, 0.29) is 10.8 Å². The van der Waals surface area contributed by atoms with Crippen LogP contribution in [0.2, 0.25) is 5.02 Å². The topological polar surface area (TPSA) is 102 Å². The number of halogens is 4. The van der Waals surface area contributed by atoms with Gasteiger partial charge in [0, 0.05) is 23.0 Å². The Hall–Kier alpha value is -3.16. The number of anilines is 3. The summed E-state index contributed by atoms with van der Waals surface area (Å²) >= 11 is 6.71. The summed E-state index contributed by atoms with van der Waals surface area (Å²) in [5.74, 6) is 0.291.